The quantitative estimate of drug-likeness (QED) is 0.703. The van der Waals surface area contributed by atoms with Crippen molar-refractivity contribution in [1.29, 1.82) is 0 Å². The summed E-state index contributed by atoms with van der Waals surface area (Å²) in [6.45, 7) is 1.02. The first-order chi connectivity index (χ1) is 12.1. The van der Waals surface area contributed by atoms with E-state index in [1.807, 2.05) is 30.3 Å². The van der Waals surface area contributed by atoms with Crippen molar-refractivity contribution in [3.63, 3.8) is 0 Å². The van der Waals surface area contributed by atoms with Crippen LogP contribution in [0, 0.1) is 5.82 Å². The second kappa shape index (κ2) is 10.2. The summed E-state index contributed by atoms with van der Waals surface area (Å²) in [6, 6.07) is 14.4. The molecule has 25 heavy (non-hydrogen) atoms. The molecular formula is C19H22BrFN2O2. The molecule has 0 atom stereocenters. The molecule has 2 N–H and O–H groups in total. The van der Waals surface area contributed by atoms with E-state index in [1.54, 1.807) is 17.0 Å². The number of rotatable bonds is 8. The van der Waals surface area contributed by atoms with Crippen molar-refractivity contribution in [2.45, 2.75) is 12.8 Å². The standard InChI is InChI=1S/C19H22BrFN2O2/c20-17-6-7-18(21)16(14-17)8-10-22-19(25)23(12-13-24)11-9-15-4-2-1-3-5-15/h1-7,14,24H,8-13H2,(H,22,25). The van der Waals surface area contributed by atoms with Crippen molar-refractivity contribution in [3.8, 4) is 0 Å². The van der Waals surface area contributed by atoms with Gasteiger partial charge in [0.1, 0.15) is 5.82 Å². The fourth-order valence-corrected chi connectivity index (χ4v) is 2.90. The van der Waals surface area contributed by atoms with E-state index in [-0.39, 0.29) is 25.0 Å². The molecule has 0 aliphatic heterocycles. The number of hydrogen-bond donors (Lipinski definition) is 2. The number of aliphatic hydroxyl groups excluding tert-OH is 1. The molecule has 0 saturated carbocycles. The highest BCUT2D eigenvalue weighted by Gasteiger charge is 2.13. The molecular weight excluding hydrogens is 387 g/mol. The van der Waals surface area contributed by atoms with E-state index in [2.05, 4.69) is 21.2 Å². The number of nitrogens with one attached hydrogen (secondary N) is 1. The predicted octanol–water partition coefficient (Wildman–Crippen LogP) is 3.38. The number of hydrogen-bond acceptors (Lipinski definition) is 2. The SMILES string of the molecule is O=C(NCCc1cc(Br)ccc1F)N(CCO)CCc1ccccc1. The molecule has 0 saturated heterocycles. The summed E-state index contributed by atoms with van der Waals surface area (Å²) < 4.78 is 14.5. The van der Waals surface area contributed by atoms with Crippen LogP contribution in [-0.4, -0.2) is 42.3 Å². The lowest BCUT2D eigenvalue weighted by Gasteiger charge is -2.22. The molecule has 0 heterocycles. The summed E-state index contributed by atoms with van der Waals surface area (Å²) in [5.41, 5.74) is 1.68. The Morgan fingerprint density at radius 1 is 1.12 bits per heavy atom. The fraction of sp³-hybridized carbons (Fsp3) is 0.316. The summed E-state index contributed by atoms with van der Waals surface area (Å²) >= 11 is 3.31. The van der Waals surface area contributed by atoms with Gasteiger partial charge in [-0.15, -0.1) is 0 Å². The second-order valence-corrected chi connectivity index (χ2v) is 6.58. The van der Waals surface area contributed by atoms with E-state index < -0.39 is 0 Å². The lowest BCUT2D eigenvalue weighted by atomic mass is 10.1. The van der Waals surface area contributed by atoms with E-state index in [4.69, 9.17) is 0 Å². The summed E-state index contributed by atoms with van der Waals surface area (Å²) in [7, 11) is 0. The van der Waals surface area contributed by atoms with Crippen molar-refractivity contribution in [2.75, 3.05) is 26.2 Å². The Balaban J connectivity index is 1.84. The van der Waals surface area contributed by atoms with Gasteiger partial charge in [-0.2, -0.15) is 0 Å². The van der Waals surface area contributed by atoms with E-state index in [0.29, 0.717) is 31.5 Å². The number of carbonyl (C=O) groups is 1. The van der Waals surface area contributed by atoms with E-state index in [9.17, 15) is 14.3 Å². The minimum Gasteiger partial charge on any atom is -0.395 e. The molecule has 2 aromatic carbocycles. The number of benzene rings is 2. The third-order valence-electron chi connectivity index (χ3n) is 3.85. The molecule has 4 nitrogen and oxygen atoms in total. The van der Waals surface area contributed by atoms with Gasteiger partial charge in [-0.05, 0) is 42.2 Å². The Labute approximate surface area is 155 Å². The molecule has 134 valence electrons. The molecule has 2 rings (SSSR count). The largest absolute Gasteiger partial charge is 0.395 e. The van der Waals surface area contributed by atoms with Gasteiger partial charge >= 0.3 is 6.03 Å². The third kappa shape index (κ3) is 6.48. The van der Waals surface area contributed by atoms with Crippen LogP contribution in [0.25, 0.3) is 0 Å². The van der Waals surface area contributed by atoms with Crippen LogP contribution in [0.3, 0.4) is 0 Å². The maximum absolute atomic E-state index is 13.7. The van der Waals surface area contributed by atoms with Gasteiger partial charge in [0, 0.05) is 24.1 Å². The number of amides is 2. The minimum atomic E-state index is -0.284. The van der Waals surface area contributed by atoms with E-state index in [1.165, 1.54) is 6.07 Å². The maximum Gasteiger partial charge on any atom is 0.317 e. The number of carbonyl (C=O) groups excluding carboxylic acids is 1. The topological polar surface area (TPSA) is 52.6 Å². The number of nitrogens with zero attached hydrogens (tertiary/aromatic N) is 1. The molecule has 6 heteroatoms. The normalized spacial score (nSPS) is 10.5. The maximum atomic E-state index is 13.7. The zero-order chi connectivity index (χ0) is 18.1. The van der Waals surface area contributed by atoms with Crippen molar-refractivity contribution >= 4 is 22.0 Å². The Morgan fingerprint density at radius 3 is 2.60 bits per heavy atom. The minimum absolute atomic E-state index is 0.0948. The van der Waals surface area contributed by atoms with Crippen LogP contribution in [0.5, 0.6) is 0 Å². The third-order valence-corrected chi connectivity index (χ3v) is 4.34. The monoisotopic (exact) mass is 408 g/mol. The van der Waals surface area contributed by atoms with Gasteiger partial charge in [0.2, 0.25) is 0 Å². The Bertz CT molecular complexity index is 682. The smallest absolute Gasteiger partial charge is 0.317 e. The molecule has 0 fully saturated rings. The molecule has 2 amide bonds. The molecule has 0 radical (unpaired) electrons. The summed E-state index contributed by atoms with van der Waals surface area (Å²) in [4.78, 5) is 13.9. The summed E-state index contributed by atoms with van der Waals surface area (Å²) in [5.74, 6) is -0.284. The summed E-state index contributed by atoms with van der Waals surface area (Å²) in [6.07, 6.45) is 1.12. The number of aliphatic hydroxyl groups is 1. The Kier molecular flexibility index (Phi) is 7.88. The highest BCUT2D eigenvalue weighted by molar-refractivity contribution is 9.10. The Hall–Kier alpha value is -1.92. The highest BCUT2D eigenvalue weighted by Crippen LogP contribution is 2.15. The molecule has 2 aromatic rings. The van der Waals surface area contributed by atoms with Gasteiger partial charge in [-0.3, -0.25) is 0 Å². The van der Waals surface area contributed by atoms with Crippen LogP contribution in [0.4, 0.5) is 9.18 Å². The van der Waals surface area contributed by atoms with Crippen molar-refractivity contribution in [2.24, 2.45) is 0 Å². The van der Waals surface area contributed by atoms with Gasteiger partial charge in [-0.25, -0.2) is 9.18 Å². The molecule has 0 aromatic heterocycles. The molecule has 0 bridgehead atoms. The average molecular weight is 409 g/mol. The lowest BCUT2D eigenvalue weighted by molar-refractivity contribution is 0.178. The Morgan fingerprint density at radius 2 is 1.88 bits per heavy atom. The van der Waals surface area contributed by atoms with Crippen LogP contribution in [0.15, 0.2) is 53.0 Å². The molecule has 0 aliphatic carbocycles. The van der Waals surface area contributed by atoms with Crippen molar-refractivity contribution in [1.82, 2.24) is 10.2 Å². The summed E-state index contributed by atoms with van der Waals surface area (Å²) in [5, 5.41) is 12.0. The van der Waals surface area contributed by atoms with Crippen LogP contribution < -0.4 is 5.32 Å². The zero-order valence-corrected chi connectivity index (χ0v) is 15.5. The van der Waals surface area contributed by atoms with Crippen LogP contribution in [-0.2, 0) is 12.8 Å². The lowest BCUT2D eigenvalue weighted by Crippen LogP contribution is -2.43. The fourth-order valence-electron chi connectivity index (χ4n) is 2.50. The van der Waals surface area contributed by atoms with E-state index >= 15 is 0 Å². The van der Waals surface area contributed by atoms with Gasteiger partial charge in [-0.1, -0.05) is 46.3 Å². The molecule has 0 spiro atoms. The number of halogens is 2. The average Bonchev–Trinajstić information content (AvgIpc) is 2.62. The predicted molar refractivity (Wildman–Crippen MR) is 100 cm³/mol. The van der Waals surface area contributed by atoms with Crippen molar-refractivity contribution in [3.05, 3.63) is 69.9 Å². The van der Waals surface area contributed by atoms with Gasteiger partial charge in [0.25, 0.3) is 0 Å². The first-order valence-corrected chi connectivity index (χ1v) is 9.01. The van der Waals surface area contributed by atoms with Gasteiger partial charge in [0.05, 0.1) is 6.61 Å². The van der Waals surface area contributed by atoms with Gasteiger partial charge in [0.15, 0.2) is 0 Å². The molecule has 0 aliphatic rings. The first kappa shape index (κ1) is 19.4. The van der Waals surface area contributed by atoms with E-state index in [0.717, 1.165) is 10.0 Å². The second-order valence-electron chi connectivity index (χ2n) is 5.66. The first-order valence-electron chi connectivity index (χ1n) is 8.21. The number of urea groups is 1. The zero-order valence-electron chi connectivity index (χ0n) is 13.9. The van der Waals surface area contributed by atoms with Crippen molar-refractivity contribution < 1.29 is 14.3 Å². The van der Waals surface area contributed by atoms with Gasteiger partial charge < -0.3 is 15.3 Å². The van der Waals surface area contributed by atoms with Crippen LogP contribution >= 0.6 is 15.9 Å². The molecule has 0 unspecified atom stereocenters. The highest BCUT2D eigenvalue weighted by atomic mass is 79.9. The van der Waals surface area contributed by atoms with Crippen LogP contribution in [0.2, 0.25) is 0 Å². The van der Waals surface area contributed by atoms with Crippen LogP contribution in [0.1, 0.15) is 11.1 Å².